The van der Waals surface area contributed by atoms with Gasteiger partial charge in [0, 0.05) is 11.3 Å². The maximum atomic E-state index is 12.3. The quantitative estimate of drug-likeness (QED) is 0.446. The number of rotatable bonds is 3. The third kappa shape index (κ3) is 3.36. The van der Waals surface area contributed by atoms with Crippen LogP contribution in [0.25, 0.3) is 10.2 Å². The molecule has 0 aliphatic heterocycles. The number of benzene rings is 2. The number of anilines is 2. The minimum absolute atomic E-state index is 0.314. The smallest absolute Gasteiger partial charge is 0.255 e. The number of nitrogens with zero attached hydrogens (tertiary/aromatic N) is 1. The van der Waals surface area contributed by atoms with Crippen LogP contribution in [-0.2, 0) is 0 Å². The number of halogens is 3. The molecule has 0 saturated carbocycles. The van der Waals surface area contributed by atoms with Crippen LogP contribution in [0.1, 0.15) is 10.4 Å². The van der Waals surface area contributed by atoms with E-state index in [9.17, 15) is 4.79 Å². The van der Waals surface area contributed by atoms with Crippen LogP contribution < -0.4 is 16.6 Å². The summed E-state index contributed by atoms with van der Waals surface area (Å²) in [7, 11) is 0. The molecule has 3 aromatic rings. The lowest BCUT2D eigenvalue weighted by atomic mass is 10.2. The molecule has 0 spiro atoms. The highest BCUT2D eigenvalue weighted by Crippen LogP contribution is 2.33. The highest BCUT2D eigenvalue weighted by Gasteiger charge is 2.12. The first-order valence-corrected chi connectivity index (χ1v) is 8.26. The molecule has 0 fully saturated rings. The summed E-state index contributed by atoms with van der Waals surface area (Å²) in [6.07, 6.45) is 0. The number of nitrogen functional groups attached to an aromatic ring is 1. The molecular weight excluding hydrogens is 379 g/mol. The van der Waals surface area contributed by atoms with E-state index in [0.717, 1.165) is 4.70 Å². The molecule has 5 nitrogen and oxygen atoms in total. The summed E-state index contributed by atoms with van der Waals surface area (Å²) in [5, 5.41) is 4.43. The molecule has 3 rings (SSSR count). The molecule has 0 aliphatic rings. The van der Waals surface area contributed by atoms with Crippen molar-refractivity contribution in [2.24, 2.45) is 5.84 Å². The maximum Gasteiger partial charge on any atom is 0.255 e. The van der Waals surface area contributed by atoms with E-state index in [0.29, 0.717) is 37.0 Å². The van der Waals surface area contributed by atoms with Gasteiger partial charge in [-0.25, -0.2) is 10.8 Å². The maximum absolute atomic E-state index is 12.3. The first-order valence-electron chi connectivity index (χ1n) is 6.31. The lowest BCUT2D eigenvalue weighted by molar-refractivity contribution is 0.102. The van der Waals surface area contributed by atoms with Crippen LogP contribution in [0.4, 0.5) is 10.8 Å². The summed E-state index contributed by atoms with van der Waals surface area (Å²) in [6, 6.07) is 8.06. The molecule has 0 atom stereocenters. The highest BCUT2D eigenvalue weighted by molar-refractivity contribution is 7.22. The second-order valence-corrected chi connectivity index (χ2v) is 6.80. The van der Waals surface area contributed by atoms with Gasteiger partial charge in [0.1, 0.15) is 5.52 Å². The number of hydrogen-bond acceptors (Lipinski definition) is 5. The Kier molecular flexibility index (Phi) is 4.61. The first-order chi connectivity index (χ1) is 11.0. The number of hydrazine groups is 1. The normalized spacial score (nSPS) is 10.8. The molecule has 1 aromatic heterocycles. The highest BCUT2D eigenvalue weighted by atomic mass is 35.5. The van der Waals surface area contributed by atoms with Gasteiger partial charge in [0.2, 0.25) is 0 Å². The van der Waals surface area contributed by atoms with E-state index >= 15 is 0 Å². The van der Waals surface area contributed by atoms with Crippen molar-refractivity contribution in [1.29, 1.82) is 0 Å². The largest absolute Gasteiger partial charge is 0.322 e. The van der Waals surface area contributed by atoms with Crippen LogP contribution in [0.2, 0.25) is 15.1 Å². The van der Waals surface area contributed by atoms with Crippen molar-refractivity contribution in [3.05, 3.63) is 51.0 Å². The van der Waals surface area contributed by atoms with Crippen molar-refractivity contribution in [1.82, 2.24) is 4.98 Å². The molecule has 4 N–H and O–H groups in total. The Bertz CT molecular complexity index is 912. The summed E-state index contributed by atoms with van der Waals surface area (Å²) in [5.41, 5.74) is 4.04. The zero-order chi connectivity index (χ0) is 16.6. The fourth-order valence-electron chi connectivity index (χ4n) is 1.96. The number of fused-ring (bicyclic) bond motifs is 1. The van der Waals surface area contributed by atoms with E-state index in [1.807, 2.05) is 0 Å². The zero-order valence-electron chi connectivity index (χ0n) is 11.4. The molecule has 0 unspecified atom stereocenters. The van der Waals surface area contributed by atoms with Gasteiger partial charge in [-0.1, -0.05) is 46.1 Å². The predicted molar refractivity (Wildman–Crippen MR) is 96.9 cm³/mol. The van der Waals surface area contributed by atoms with E-state index in [1.165, 1.54) is 17.4 Å². The fraction of sp³-hybridized carbons (Fsp3) is 0. The average molecular weight is 388 g/mol. The van der Waals surface area contributed by atoms with E-state index in [4.69, 9.17) is 40.6 Å². The third-order valence-corrected chi connectivity index (χ3v) is 4.97. The first kappa shape index (κ1) is 16.3. The molecule has 1 heterocycles. The molecule has 118 valence electrons. The molecule has 23 heavy (non-hydrogen) atoms. The van der Waals surface area contributed by atoms with Crippen LogP contribution in [0.3, 0.4) is 0 Å². The second kappa shape index (κ2) is 6.51. The lowest BCUT2D eigenvalue weighted by Crippen LogP contribution is -2.11. The molecule has 0 saturated heterocycles. The summed E-state index contributed by atoms with van der Waals surface area (Å²) < 4.78 is 0.801. The van der Waals surface area contributed by atoms with Gasteiger partial charge in [0.25, 0.3) is 5.91 Å². The van der Waals surface area contributed by atoms with E-state index < -0.39 is 0 Å². The molecule has 9 heteroatoms. The Labute approximate surface area is 150 Å². The number of aromatic nitrogens is 1. The number of nitrogens with one attached hydrogen (secondary N) is 2. The van der Waals surface area contributed by atoms with Gasteiger partial charge >= 0.3 is 0 Å². The van der Waals surface area contributed by atoms with Crippen molar-refractivity contribution >= 4 is 73.1 Å². The average Bonchev–Trinajstić information content (AvgIpc) is 2.93. The number of nitrogens with two attached hydrogens (primary N) is 1. The van der Waals surface area contributed by atoms with Gasteiger partial charge in [-0.15, -0.1) is 0 Å². The van der Waals surface area contributed by atoms with Gasteiger partial charge < -0.3 is 5.32 Å². The molecular formula is C14H9Cl3N4OS. The number of carbonyl (C=O) groups excluding carboxylic acids is 1. The Morgan fingerprint density at radius 2 is 1.87 bits per heavy atom. The Balaban J connectivity index is 1.91. The van der Waals surface area contributed by atoms with Crippen molar-refractivity contribution in [2.75, 3.05) is 10.7 Å². The van der Waals surface area contributed by atoms with Gasteiger partial charge in [-0.3, -0.25) is 10.2 Å². The second-order valence-electron chi connectivity index (χ2n) is 4.55. The Morgan fingerprint density at radius 1 is 1.09 bits per heavy atom. The SMILES string of the molecule is NNc1nc2c(Cl)cc(NC(=O)c3ccc(Cl)c(Cl)c3)cc2s1. The number of carbonyl (C=O) groups is 1. The summed E-state index contributed by atoms with van der Waals surface area (Å²) in [4.78, 5) is 16.5. The van der Waals surface area contributed by atoms with Crippen molar-refractivity contribution < 1.29 is 4.79 Å². The summed E-state index contributed by atoms with van der Waals surface area (Å²) >= 11 is 19.3. The number of thiazole rings is 1. The molecule has 1 amide bonds. The third-order valence-electron chi connectivity index (χ3n) is 3.01. The molecule has 0 bridgehead atoms. The van der Waals surface area contributed by atoms with Crippen molar-refractivity contribution in [3.63, 3.8) is 0 Å². The Morgan fingerprint density at radius 3 is 2.57 bits per heavy atom. The molecule has 2 aromatic carbocycles. The number of amides is 1. The topological polar surface area (TPSA) is 80.0 Å². The van der Waals surface area contributed by atoms with Crippen LogP contribution in [0.15, 0.2) is 30.3 Å². The monoisotopic (exact) mass is 386 g/mol. The fourth-order valence-corrected chi connectivity index (χ4v) is 3.42. The lowest BCUT2D eigenvalue weighted by Gasteiger charge is -2.07. The molecule has 0 aliphatic carbocycles. The van der Waals surface area contributed by atoms with Gasteiger partial charge in [-0.05, 0) is 30.3 Å². The zero-order valence-corrected chi connectivity index (χ0v) is 14.4. The van der Waals surface area contributed by atoms with E-state index in [2.05, 4.69) is 15.7 Å². The summed E-state index contributed by atoms with van der Waals surface area (Å²) in [6.45, 7) is 0. The van der Waals surface area contributed by atoms with E-state index in [-0.39, 0.29) is 5.91 Å². The van der Waals surface area contributed by atoms with Crippen LogP contribution in [0, 0.1) is 0 Å². The van der Waals surface area contributed by atoms with Crippen LogP contribution in [-0.4, -0.2) is 10.9 Å². The predicted octanol–water partition coefficient (Wildman–Crippen LogP) is 4.79. The van der Waals surface area contributed by atoms with E-state index in [1.54, 1.807) is 24.3 Å². The molecule has 0 radical (unpaired) electrons. The Hall–Kier alpha value is -1.57. The van der Waals surface area contributed by atoms with Gasteiger partial charge in [-0.2, -0.15) is 0 Å². The number of hydrogen-bond donors (Lipinski definition) is 3. The van der Waals surface area contributed by atoms with Gasteiger partial charge in [0.15, 0.2) is 5.13 Å². The standard InChI is InChI=1S/C14H9Cl3N4OS/c15-8-2-1-6(3-9(8)16)13(22)19-7-4-10(17)12-11(5-7)23-14(20-12)21-18/h1-5H,18H2,(H,19,22)(H,20,21). The minimum atomic E-state index is -0.319. The van der Waals surface area contributed by atoms with Crippen molar-refractivity contribution in [2.45, 2.75) is 0 Å². The van der Waals surface area contributed by atoms with Crippen LogP contribution >= 0.6 is 46.1 Å². The minimum Gasteiger partial charge on any atom is -0.322 e. The summed E-state index contributed by atoms with van der Waals surface area (Å²) in [5.74, 6) is 5.03. The van der Waals surface area contributed by atoms with Crippen molar-refractivity contribution in [3.8, 4) is 0 Å². The van der Waals surface area contributed by atoms with Gasteiger partial charge in [0.05, 0.1) is 19.8 Å². The van der Waals surface area contributed by atoms with Crippen LogP contribution in [0.5, 0.6) is 0 Å².